The number of ketones is 1. The van der Waals surface area contributed by atoms with Crippen LogP contribution in [0.25, 0.3) is 0 Å². The van der Waals surface area contributed by atoms with Crippen molar-refractivity contribution >= 4 is 11.6 Å². The summed E-state index contributed by atoms with van der Waals surface area (Å²) >= 11 is 0. The van der Waals surface area contributed by atoms with Gasteiger partial charge in [-0.15, -0.1) is 0 Å². The van der Waals surface area contributed by atoms with E-state index in [9.17, 15) is 9.18 Å². The van der Waals surface area contributed by atoms with Crippen molar-refractivity contribution in [3.05, 3.63) is 64.2 Å². The third-order valence-electron chi connectivity index (χ3n) is 4.25. The highest BCUT2D eigenvalue weighted by Crippen LogP contribution is 2.33. The number of halogens is 1. The van der Waals surface area contributed by atoms with Crippen LogP contribution in [0.2, 0.25) is 0 Å². The normalized spacial score (nSPS) is 15.1. The fraction of sp³-hybridized carbons (Fsp3) is 0.250. The van der Waals surface area contributed by atoms with E-state index < -0.39 is 5.82 Å². The fourth-order valence-electron chi connectivity index (χ4n) is 3.07. The van der Waals surface area contributed by atoms with Crippen molar-refractivity contribution in [1.29, 1.82) is 0 Å². The second-order valence-corrected chi connectivity index (χ2v) is 7.21. The second kappa shape index (κ2) is 7.08. The summed E-state index contributed by atoms with van der Waals surface area (Å²) in [4.78, 5) is 16.7. The average molecular weight is 364 g/mol. The van der Waals surface area contributed by atoms with Crippen molar-refractivity contribution in [3.63, 3.8) is 0 Å². The quantitative estimate of drug-likeness (QED) is 0.200. The maximum Gasteiger partial charge on any atom is 0.351 e. The van der Waals surface area contributed by atoms with Crippen LogP contribution in [0, 0.1) is 23.1 Å². The number of rotatable bonds is 1. The van der Waals surface area contributed by atoms with Crippen LogP contribution in [0.15, 0.2) is 40.7 Å². The van der Waals surface area contributed by atoms with Crippen LogP contribution in [0.5, 0.6) is 0 Å². The van der Waals surface area contributed by atoms with Crippen LogP contribution in [0.4, 0.5) is 4.39 Å². The van der Waals surface area contributed by atoms with Crippen molar-refractivity contribution < 1.29 is 14.6 Å². The first kappa shape index (κ1) is 18.4. The maximum atomic E-state index is 13.8. The summed E-state index contributed by atoms with van der Waals surface area (Å²) in [5.74, 6) is 10.3. The number of nitrogens with two attached hydrogens (primary N) is 2. The number of aromatic nitrogens is 1. The number of Topliss-reactive ketones (excluding diaryl/α,β-unsaturated/α-hetero) is 1. The molecule has 0 bridgehead atoms. The Balaban J connectivity index is 1.93. The third kappa shape index (κ3) is 4.23. The molecule has 7 heteroatoms. The SMILES string of the molecule is CC1(C)CC(=O)c2ccc(C#Cc3cc(F)cc(C(=[NH2+])N=NN)c3)nc2C1. The number of amidine groups is 1. The number of nitrogens with zero attached hydrogens (tertiary/aromatic N) is 3. The molecule has 0 saturated heterocycles. The zero-order chi connectivity index (χ0) is 19.6. The number of carbonyl (C=O) groups excluding carboxylic acids is 1. The molecule has 4 N–H and O–H groups in total. The van der Waals surface area contributed by atoms with E-state index in [-0.39, 0.29) is 17.0 Å². The molecular formula is C20H19FN5O+. The standard InChI is InChI=1S/C20H18FN5O/c1-20(2)10-17-16(18(27)11-20)6-5-15(24-17)4-3-12-7-13(9-14(21)8-12)19(22)25-26-23/h5-9H,10-11H2,1-2H3,(H3,22,23,25)/p+1. The Morgan fingerprint density at radius 2 is 2.04 bits per heavy atom. The topological polar surface area (TPSA) is 106 Å². The van der Waals surface area contributed by atoms with Gasteiger partial charge in [-0.25, -0.2) is 9.37 Å². The number of fused-ring (bicyclic) bond motifs is 1. The Morgan fingerprint density at radius 1 is 1.26 bits per heavy atom. The van der Waals surface area contributed by atoms with Crippen LogP contribution in [0.3, 0.4) is 0 Å². The van der Waals surface area contributed by atoms with E-state index in [2.05, 4.69) is 27.2 Å². The van der Waals surface area contributed by atoms with Gasteiger partial charge in [0.1, 0.15) is 11.5 Å². The molecule has 0 spiro atoms. The first-order chi connectivity index (χ1) is 12.8. The highest BCUT2D eigenvalue weighted by Gasteiger charge is 2.31. The molecule has 3 rings (SSSR count). The van der Waals surface area contributed by atoms with E-state index >= 15 is 0 Å². The zero-order valence-corrected chi connectivity index (χ0v) is 15.1. The molecule has 27 heavy (non-hydrogen) atoms. The summed E-state index contributed by atoms with van der Waals surface area (Å²) in [6, 6.07) is 7.55. The first-order valence-electron chi connectivity index (χ1n) is 8.37. The monoisotopic (exact) mass is 364 g/mol. The van der Waals surface area contributed by atoms with Gasteiger partial charge < -0.3 is 0 Å². The smallest absolute Gasteiger partial charge is 0.294 e. The largest absolute Gasteiger partial charge is 0.351 e. The minimum atomic E-state index is -0.502. The number of pyridine rings is 1. The summed E-state index contributed by atoms with van der Waals surface area (Å²) < 4.78 is 13.8. The van der Waals surface area contributed by atoms with Crippen LogP contribution >= 0.6 is 0 Å². The maximum absolute atomic E-state index is 13.8. The predicted molar refractivity (Wildman–Crippen MR) is 98.1 cm³/mol. The van der Waals surface area contributed by atoms with Crippen molar-refractivity contribution in [2.75, 3.05) is 0 Å². The average Bonchev–Trinajstić information content (AvgIpc) is 2.58. The lowest BCUT2D eigenvalue weighted by molar-refractivity contribution is -0.114. The molecule has 6 nitrogen and oxygen atoms in total. The lowest BCUT2D eigenvalue weighted by Crippen LogP contribution is -2.39. The second-order valence-electron chi connectivity index (χ2n) is 7.21. The van der Waals surface area contributed by atoms with Gasteiger partial charge >= 0.3 is 5.84 Å². The van der Waals surface area contributed by atoms with Gasteiger partial charge in [0.25, 0.3) is 0 Å². The Morgan fingerprint density at radius 3 is 2.78 bits per heavy atom. The highest BCUT2D eigenvalue weighted by atomic mass is 19.1. The number of hydrogen-bond donors (Lipinski definition) is 2. The van der Waals surface area contributed by atoms with Gasteiger partial charge in [0.15, 0.2) is 5.78 Å². The zero-order valence-electron chi connectivity index (χ0n) is 15.1. The Labute approximate surface area is 156 Å². The van der Waals surface area contributed by atoms with E-state index in [4.69, 9.17) is 11.3 Å². The molecule has 1 aliphatic rings. The molecule has 0 amide bonds. The lowest BCUT2D eigenvalue weighted by atomic mass is 9.75. The molecule has 0 atom stereocenters. The Kier molecular flexibility index (Phi) is 4.82. The molecule has 1 aromatic carbocycles. The summed E-state index contributed by atoms with van der Waals surface area (Å²) in [6.07, 6.45) is 1.22. The van der Waals surface area contributed by atoms with E-state index in [0.29, 0.717) is 35.2 Å². The van der Waals surface area contributed by atoms with Crippen LogP contribution < -0.4 is 11.3 Å². The molecule has 1 heterocycles. The van der Waals surface area contributed by atoms with Crippen molar-refractivity contribution in [2.45, 2.75) is 26.7 Å². The van der Waals surface area contributed by atoms with Gasteiger partial charge in [0.2, 0.25) is 0 Å². The number of carbonyl (C=O) groups is 1. The summed E-state index contributed by atoms with van der Waals surface area (Å²) in [7, 11) is 0. The van der Waals surface area contributed by atoms with Gasteiger partial charge in [-0.2, -0.15) is 0 Å². The van der Waals surface area contributed by atoms with Gasteiger partial charge in [-0.05, 0) is 48.1 Å². The van der Waals surface area contributed by atoms with Crippen LogP contribution in [-0.4, -0.2) is 16.6 Å². The van der Waals surface area contributed by atoms with Crippen molar-refractivity contribution in [2.24, 2.45) is 21.6 Å². The van der Waals surface area contributed by atoms with E-state index in [1.165, 1.54) is 12.1 Å². The minimum Gasteiger partial charge on any atom is -0.294 e. The molecule has 2 aromatic rings. The van der Waals surface area contributed by atoms with Gasteiger partial charge in [0, 0.05) is 22.8 Å². The van der Waals surface area contributed by atoms with Crippen molar-refractivity contribution in [1.82, 2.24) is 4.98 Å². The summed E-state index contributed by atoms with van der Waals surface area (Å²) in [6.45, 7) is 4.09. The molecule has 0 fully saturated rings. The van der Waals surface area contributed by atoms with Gasteiger partial charge in [-0.1, -0.05) is 19.8 Å². The molecular weight excluding hydrogens is 345 g/mol. The summed E-state index contributed by atoms with van der Waals surface area (Å²) in [5.41, 5.74) is 2.55. The summed E-state index contributed by atoms with van der Waals surface area (Å²) in [5, 5.41) is 12.3. The number of benzene rings is 1. The van der Waals surface area contributed by atoms with Crippen LogP contribution in [-0.2, 0) is 6.42 Å². The molecule has 0 radical (unpaired) electrons. The molecule has 0 saturated carbocycles. The Hall–Kier alpha value is -3.40. The Bertz CT molecular complexity index is 1030. The highest BCUT2D eigenvalue weighted by molar-refractivity contribution is 5.98. The molecule has 136 valence electrons. The molecule has 1 aliphatic carbocycles. The lowest BCUT2D eigenvalue weighted by Gasteiger charge is -2.29. The fourth-order valence-corrected chi connectivity index (χ4v) is 3.07. The third-order valence-corrected chi connectivity index (χ3v) is 4.25. The van der Waals surface area contributed by atoms with Gasteiger partial charge in [0.05, 0.1) is 16.4 Å². The molecule has 0 unspecified atom stereocenters. The minimum absolute atomic E-state index is 0.00676. The van der Waals surface area contributed by atoms with E-state index in [1.54, 1.807) is 18.2 Å². The van der Waals surface area contributed by atoms with E-state index in [0.717, 1.165) is 5.69 Å². The molecule has 0 aliphatic heterocycles. The number of hydrogen-bond acceptors (Lipinski definition) is 3. The van der Waals surface area contributed by atoms with E-state index in [1.807, 2.05) is 13.8 Å². The first-order valence-corrected chi connectivity index (χ1v) is 8.37. The van der Waals surface area contributed by atoms with Crippen molar-refractivity contribution in [3.8, 4) is 11.8 Å². The van der Waals surface area contributed by atoms with Gasteiger partial charge in [-0.3, -0.25) is 16.0 Å². The van der Waals surface area contributed by atoms with Crippen LogP contribution in [0.1, 0.15) is 53.1 Å². The predicted octanol–water partition coefficient (Wildman–Crippen LogP) is 1.61. The molecule has 1 aromatic heterocycles.